The van der Waals surface area contributed by atoms with Crippen LogP contribution >= 0.6 is 0 Å². The Kier molecular flexibility index (Phi) is 5.79. The highest BCUT2D eigenvalue weighted by atomic mass is 16.3. The van der Waals surface area contributed by atoms with Gasteiger partial charge in [0.25, 0.3) is 5.91 Å². The van der Waals surface area contributed by atoms with E-state index in [-0.39, 0.29) is 18.5 Å². The number of aliphatic hydroxyl groups excluding tert-OH is 1. The van der Waals surface area contributed by atoms with Crippen LogP contribution in [-0.4, -0.2) is 29.7 Å². The Labute approximate surface area is 125 Å². The summed E-state index contributed by atoms with van der Waals surface area (Å²) in [5, 5.41) is 13.1. The molecule has 1 aliphatic carbocycles. The molecular weight excluding hydrogens is 264 g/mol. The number of rotatable bonds is 2. The molecule has 1 aliphatic rings. The van der Waals surface area contributed by atoms with E-state index in [1.54, 1.807) is 12.1 Å². The van der Waals surface area contributed by atoms with E-state index in [1.807, 2.05) is 12.1 Å². The highest BCUT2D eigenvalue weighted by molar-refractivity contribution is 5.96. The zero-order valence-electron chi connectivity index (χ0n) is 12.1. The Hall–Kier alpha value is -1.83. The monoisotopic (exact) mass is 286 g/mol. The van der Waals surface area contributed by atoms with Crippen molar-refractivity contribution >= 4 is 5.91 Å². The summed E-state index contributed by atoms with van der Waals surface area (Å²) in [5.41, 5.74) is 6.59. The first-order valence-electron chi connectivity index (χ1n) is 7.49. The van der Waals surface area contributed by atoms with Crippen LogP contribution in [0.3, 0.4) is 0 Å². The van der Waals surface area contributed by atoms with E-state index < -0.39 is 6.10 Å². The molecule has 1 aromatic carbocycles. The number of aliphatic hydroxyl groups is 1. The number of nitrogens with two attached hydrogens (primary N) is 1. The molecular formula is C17H22N2O2. The molecule has 112 valence electrons. The van der Waals surface area contributed by atoms with Gasteiger partial charge in [0.1, 0.15) is 0 Å². The standard InChI is InChI=1S/C17H22N2O2/c18-12-6-8-13-7-4-5-9-14(13)17(21)19-15-10-2-1-3-11-16(15)20/h4-5,7,9,15-16,20H,1-3,10-12,18H2,(H,19,21). The molecule has 4 N–H and O–H groups in total. The second-order valence-corrected chi connectivity index (χ2v) is 5.34. The average molecular weight is 286 g/mol. The molecule has 1 amide bonds. The summed E-state index contributed by atoms with van der Waals surface area (Å²) in [6, 6.07) is 7.04. The van der Waals surface area contributed by atoms with Crippen LogP contribution < -0.4 is 11.1 Å². The van der Waals surface area contributed by atoms with Crippen molar-refractivity contribution in [2.45, 2.75) is 44.2 Å². The molecule has 4 nitrogen and oxygen atoms in total. The first-order valence-corrected chi connectivity index (χ1v) is 7.49. The summed E-state index contributed by atoms with van der Waals surface area (Å²) >= 11 is 0. The first kappa shape index (κ1) is 15.6. The van der Waals surface area contributed by atoms with Gasteiger partial charge in [-0.1, -0.05) is 43.2 Å². The topological polar surface area (TPSA) is 75.4 Å². The molecule has 0 heterocycles. The van der Waals surface area contributed by atoms with Gasteiger partial charge in [0.15, 0.2) is 0 Å². The predicted molar refractivity (Wildman–Crippen MR) is 82.7 cm³/mol. The molecule has 0 spiro atoms. The van der Waals surface area contributed by atoms with Gasteiger partial charge in [0.05, 0.1) is 24.3 Å². The highest BCUT2D eigenvalue weighted by Gasteiger charge is 2.24. The molecule has 2 atom stereocenters. The van der Waals surface area contributed by atoms with Crippen molar-refractivity contribution in [3.63, 3.8) is 0 Å². The molecule has 1 saturated carbocycles. The predicted octanol–water partition coefficient (Wildman–Crippen LogP) is 1.42. The van der Waals surface area contributed by atoms with E-state index in [0.717, 1.165) is 32.1 Å². The largest absolute Gasteiger partial charge is 0.391 e. The van der Waals surface area contributed by atoms with E-state index in [2.05, 4.69) is 17.2 Å². The zero-order chi connectivity index (χ0) is 15.1. The van der Waals surface area contributed by atoms with Crippen LogP contribution in [0.5, 0.6) is 0 Å². The van der Waals surface area contributed by atoms with Gasteiger partial charge in [-0.25, -0.2) is 0 Å². The second-order valence-electron chi connectivity index (χ2n) is 5.34. The van der Waals surface area contributed by atoms with Crippen LogP contribution in [0.1, 0.15) is 48.0 Å². The molecule has 0 bridgehead atoms. The Morgan fingerprint density at radius 3 is 2.86 bits per heavy atom. The molecule has 0 aliphatic heterocycles. The maximum Gasteiger partial charge on any atom is 0.252 e. The summed E-state index contributed by atoms with van der Waals surface area (Å²) < 4.78 is 0. The van der Waals surface area contributed by atoms with E-state index in [1.165, 1.54) is 0 Å². The molecule has 0 radical (unpaired) electrons. The van der Waals surface area contributed by atoms with Crippen LogP contribution in [-0.2, 0) is 0 Å². The lowest BCUT2D eigenvalue weighted by atomic mass is 10.0. The van der Waals surface area contributed by atoms with Gasteiger partial charge in [0.2, 0.25) is 0 Å². The van der Waals surface area contributed by atoms with Crippen molar-refractivity contribution in [3.05, 3.63) is 35.4 Å². The van der Waals surface area contributed by atoms with Gasteiger partial charge in [-0.3, -0.25) is 4.79 Å². The molecule has 1 aromatic rings. The number of carbonyl (C=O) groups excluding carboxylic acids is 1. The fourth-order valence-electron chi connectivity index (χ4n) is 2.64. The number of benzene rings is 1. The molecule has 0 saturated heterocycles. The second kappa shape index (κ2) is 7.82. The maximum atomic E-state index is 12.4. The molecule has 0 aromatic heterocycles. The maximum absolute atomic E-state index is 12.4. The first-order chi connectivity index (χ1) is 10.2. The lowest BCUT2D eigenvalue weighted by Gasteiger charge is -2.22. The van der Waals surface area contributed by atoms with Crippen molar-refractivity contribution in [1.82, 2.24) is 5.32 Å². The van der Waals surface area contributed by atoms with Crippen molar-refractivity contribution in [2.24, 2.45) is 5.73 Å². The lowest BCUT2D eigenvalue weighted by molar-refractivity contribution is 0.0818. The summed E-state index contributed by atoms with van der Waals surface area (Å²) in [6.07, 6.45) is 4.28. The minimum atomic E-state index is -0.460. The third-order valence-electron chi connectivity index (χ3n) is 3.79. The number of amides is 1. The summed E-state index contributed by atoms with van der Waals surface area (Å²) in [4.78, 5) is 12.4. The third-order valence-corrected chi connectivity index (χ3v) is 3.79. The fourth-order valence-corrected chi connectivity index (χ4v) is 2.64. The Bertz CT molecular complexity index is 545. The van der Waals surface area contributed by atoms with E-state index in [9.17, 15) is 9.90 Å². The van der Waals surface area contributed by atoms with Crippen molar-refractivity contribution in [1.29, 1.82) is 0 Å². The zero-order valence-corrected chi connectivity index (χ0v) is 12.1. The number of carbonyl (C=O) groups is 1. The third kappa shape index (κ3) is 4.32. The normalized spacial score (nSPS) is 21.8. The van der Waals surface area contributed by atoms with Gasteiger partial charge in [0, 0.05) is 5.56 Å². The van der Waals surface area contributed by atoms with Crippen molar-refractivity contribution in [2.75, 3.05) is 6.54 Å². The van der Waals surface area contributed by atoms with Crippen molar-refractivity contribution in [3.8, 4) is 11.8 Å². The SMILES string of the molecule is NCC#Cc1ccccc1C(=O)NC1CCCCCC1O. The van der Waals surface area contributed by atoms with E-state index in [4.69, 9.17) is 5.73 Å². The van der Waals surface area contributed by atoms with E-state index in [0.29, 0.717) is 11.1 Å². The molecule has 2 unspecified atom stereocenters. The van der Waals surface area contributed by atoms with Gasteiger partial charge in [-0.05, 0) is 25.0 Å². The quantitative estimate of drug-likeness (QED) is 0.568. The smallest absolute Gasteiger partial charge is 0.252 e. The van der Waals surface area contributed by atoms with Crippen LogP contribution in [0.25, 0.3) is 0 Å². The van der Waals surface area contributed by atoms with Gasteiger partial charge < -0.3 is 16.2 Å². The van der Waals surface area contributed by atoms with Gasteiger partial charge >= 0.3 is 0 Å². The number of nitrogens with one attached hydrogen (secondary N) is 1. The molecule has 4 heteroatoms. The molecule has 1 fully saturated rings. The van der Waals surface area contributed by atoms with Crippen LogP contribution in [0.15, 0.2) is 24.3 Å². The fraction of sp³-hybridized carbons (Fsp3) is 0.471. The van der Waals surface area contributed by atoms with Crippen molar-refractivity contribution < 1.29 is 9.90 Å². The van der Waals surface area contributed by atoms with Gasteiger partial charge in [-0.15, -0.1) is 0 Å². The minimum Gasteiger partial charge on any atom is -0.391 e. The Morgan fingerprint density at radius 1 is 1.29 bits per heavy atom. The molecule has 21 heavy (non-hydrogen) atoms. The van der Waals surface area contributed by atoms with Crippen LogP contribution in [0.4, 0.5) is 0 Å². The van der Waals surface area contributed by atoms with Crippen LogP contribution in [0.2, 0.25) is 0 Å². The Balaban J connectivity index is 2.12. The average Bonchev–Trinajstić information content (AvgIpc) is 2.70. The summed E-state index contributed by atoms with van der Waals surface area (Å²) in [7, 11) is 0. The lowest BCUT2D eigenvalue weighted by Crippen LogP contribution is -2.42. The van der Waals surface area contributed by atoms with Crippen LogP contribution in [0, 0.1) is 11.8 Å². The number of hydrogen-bond acceptors (Lipinski definition) is 3. The minimum absolute atomic E-state index is 0.171. The summed E-state index contributed by atoms with van der Waals surface area (Å²) in [6.45, 7) is 0.261. The highest BCUT2D eigenvalue weighted by Crippen LogP contribution is 2.19. The molecule has 2 rings (SSSR count). The van der Waals surface area contributed by atoms with E-state index >= 15 is 0 Å². The Morgan fingerprint density at radius 2 is 2.05 bits per heavy atom. The number of hydrogen-bond donors (Lipinski definition) is 3. The summed E-state index contributed by atoms with van der Waals surface area (Å²) in [5.74, 6) is 5.51. The van der Waals surface area contributed by atoms with Gasteiger partial charge in [-0.2, -0.15) is 0 Å².